The average molecular weight is 245 g/mol. The smallest absolute Gasteiger partial charge is 0.256 e. The molecule has 1 aliphatic heterocycles. The van der Waals surface area contributed by atoms with Crippen LogP contribution in [0.15, 0.2) is 29.3 Å². The zero-order valence-electron chi connectivity index (χ0n) is 11.2. The second-order valence-electron chi connectivity index (χ2n) is 5.60. The van der Waals surface area contributed by atoms with Crippen molar-refractivity contribution >= 4 is 11.9 Å². The van der Waals surface area contributed by atoms with Crippen molar-refractivity contribution in [3.8, 4) is 0 Å². The minimum absolute atomic E-state index is 0.0731. The van der Waals surface area contributed by atoms with Crippen LogP contribution in [0.25, 0.3) is 0 Å². The molecule has 18 heavy (non-hydrogen) atoms. The van der Waals surface area contributed by atoms with Crippen molar-refractivity contribution in [1.29, 1.82) is 0 Å². The number of benzene rings is 1. The number of nitrogens with one attached hydrogen (secondary N) is 2. The van der Waals surface area contributed by atoms with Crippen LogP contribution in [0, 0.1) is 6.92 Å². The first-order chi connectivity index (χ1) is 8.37. The first kappa shape index (κ1) is 12.6. The lowest BCUT2D eigenvalue weighted by atomic mass is 10.0. The zero-order valence-corrected chi connectivity index (χ0v) is 11.2. The van der Waals surface area contributed by atoms with Crippen molar-refractivity contribution < 1.29 is 4.79 Å². The second-order valence-corrected chi connectivity index (χ2v) is 5.60. The largest absolute Gasteiger partial charge is 0.351 e. The minimum atomic E-state index is -0.434. The first-order valence-electron chi connectivity index (χ1n) is 6.09. The molecule has 1 atom stereocenters. The molecule has 1 unspecified atom stereocenters. The summed E-state index contributed by atoms with van der Waals surface area (Å²) in [5.41, 5.74) is 1.92. The molecular weight excluding hydrogens is 226 g/mol. The van der Waals surface area contributed by atoms with E-state index in [4.69, 9.17) is 0 Å². The normalized spacial score (nSPS) is 19.4. The molecule has 1 aliphatic rings. The van der Waals surface area contributed by atoms with Gasteiger partial charge in [-0.05, 0) is 38.8 Å². The van der Waals surface area contributed by atoms with Crippen LogP contribution in [0.5, 0.6) is 0 Å². The van der Waals surface area contributed by atoms with Crippen LogP contribution in [0.1, 0.15) is 37.9 Å². The number of rotatable bonds is 1. The van der Waals surface area contributed by atoms with Gasteiger partial charge in [0.05, 0.1) is 0 Å². The fourth-order valence-electron chi connectivity index (χ4n) is 1.93. The van der Waals surface area contributed by atoms with Crippen molar-refractivity contribution in [1.82, 2.24) is 10.6 Å². The van der Waals surface area contributed by atoms with Gasteiger partial charge < -0.3 is 5.32 Å². The SMILES string of the molecule is Cc1ccccc1C1N=C(NC(C)(C)C)NC1=O. The number of carbonyl (C=O) groups is 1. The monoisotopic (exact) mass is 245 g/mol. The number of hydrogen-bond acceptors (Lipinski definition) is 3. The Labute approximate surface area is 108 Å². The van der Waals surface area contributed by atoms with E-state index in [-0.39, 0.29) is 11.4 Å². The van der Waals surface area contributed by atoms with E-state index in [1.807, 2.05) is 52.0 Å². The Kier molecular flexibility index (Phi) is 3.11. The van der Waals surface area contributed by atoms with Crippen molar-refractivity contribution in [2.45, 2.75) is 39.3 Å². The molecule has 1 heterocycles. The van der Waals surface area contributed by atoms with E-state index in [1.165, 1.54) is 0 Å². The molecule has 1 aromatic carbocycles. The van der Waals surface area contributed by atoms with Gasteiger partial charge in [-0.15, -0.1) is 0 Å². The van der Waals surface area contributed by atoms with E-state index in [1.54, 1.807) is 0 Å². The number of aliphatic imine (C=N–C) groups is 1. The summed E-state index contributed by atoms with van der Waals surface area (Å²) in [4.78, 5) is 16.4. The highest BCUT2D eigenvalue weighted by Crippen LogP contribution is 2.24. The van der Waals surface area contributed by atoms with Gasteiger partial charge in [-0.3, -0.25) is 10.1 Å². The van der Waals surface area contributed by atoms with Crippen molar-refractivity contribution in [3.63, 3.8) is 0 Å². The Morgan fingerprint density at radius 3 is 2.56 bits per heavy atom. The number of guanidine groups is 1. The predicted molar refractivity (Wildman–Crippen MR) is 72.4 cm³/mol. The van der Waals surface area contributed by atoms with Crippen LogP contribution in [-0.4, -0.2) is 17.4 Å². The third-order valence-corrected chi connectivity index (χ3v) is 2.72. The molecule has 2 N–H and O–H groups in total. The average Bonchev–Trinajstić information content (AvgIpc) is 2.57. The van der Waals surface area contributed by atoms with E-state index in [9.17, 15) is 4.79 Å². The van der Waals surface area contributed by atoms with Gasteiger partial charge in [0.2, 0.25) is 0 Å². The third kappa shape index (κ3) is 2.70. The summed E-state index contributed by atoms with van der Waals surface area (Å²) >= 11 is 0. The lowest BCUT2D eigenvalue weighted by Crippen LogP contribution is -2.46. The predicted octanol–water partition coefficient (Wildman–Crippen LogP) is 1.91. The Balaban J connectivity index is 2.25. The molecule has 1 amide bonds. The Morgan fingerprint density at radius 2 is 1.94 bits per heavy atom. The first-order valence-corrected chi connectivity index (χ1v) is 6.09. The van der Waals surface area contributed by atoms with Crippen LogP contribution in [0.2, 0.25) is 0 Å². The van der Waals surface area contributed by atoms with Gasteiger partial charge in [0.15, 0.2) is 12.0 Å². The molecule has 4 nitrogen and oxygen atoms in total. The van der Waals surface area contributed by atoms with Gasteiger partial charge in [-0.2, -0.15) is 0 Å². The molecule has 96 valence electrons. The van der Waals surface area contributed by atoms with Crippen LogP contribution in [0.4, 0.5) is 0 Å². The maximum atomic E-state index is 12.0. The molecule has 2 rings (SSSR count). The summed E-state index contributed by atoms with van der Waals surface area (Å²) in [5.74, 6) is 0.483. The topological polar surface area (TPSA) is 53.5 Å². The summed E-state index contributed by atoms with van der Waals surface area (Å²) in [7, 11) is 0. The number of nitrogens with zero attached hydrogens (tertiary/aromatic N) is 1. The lowest BCUT2D eigenvalue weighted by molar-refractivity contribution is -0.120. The summed E-state index contributed by atoms with van der Waals surface area (Å²) in [6.07, 6.45) is 0. The van der Waals surface area contributed by atoms with Gasteiger partial charge in [0, 0.05) is 5.54 Å². The number of aryl methyl sites for hydroxylation is 1. The standard InChI is InChI=1S/C14H19N3O/c1-9-7-5-6-8-10(9)11-12(18)16-13(15-11)17-14(2,3)4/h5-8,11H,1-4H3,(H2,15,16,17,18). The van der Waals surface area contributed by atoms with Crippen LogP contribution >= 0.6 is 0 Å². The Hall–Kier alpha value is -1.84. The van der Waals surface area contributed by atoms with E-state index < -0.39 is 6.04 Å². The van der Waals surface area contributed by atoms with E-state index >= 15 is 0 Å². The van der Waals surface area contributed by atoms with Crippen molar-refractivity contribution in [3.05, 3.63) is 35.4 Å². The Bertz CT molecular complexity index is 500. The van der Waals surface area contributed by atoms with E-state index in [0.29, 0.717) is 5.96 Å². The van der Waals surface area contributed by atoms with Gasteiger partial charge >= 0.3 is 0 Å². The molecule has 4 heteroatoms. The number of carbonyl (C=O) groups excluding carboxylic acids is 1. The van der Waals surface area contributed by atoms with Crippen molar-refractivity contribution in [2.75, 3.05) is 0 Å². The molecule has 1 aromatic rings. The third-order valence-electron chi connectivity index (χ3n) is 2.72. The van der Waals surface area contributed by atoms with Crippen LogP contribution in [0.3, 0.4) is 0 Å². The second kappa shape index (κ2) is 4.44. The quantitative estimate of drug-likeness (QED) is 0.794. The molecule has 0 aromatic heterocycles. The van der Waals surface area contributed by atoms with Gasteiger partial charge in [-0.1, -0.05) is 24.3 Å². The highest BCUT2D eigenvalue weighted by atomic mass is 16.2. The highest BCUT2D eigenvalue weighted by Gasteiger charge is 2.30. The summed E-state index contributed by atoms with van der Waals surface area (Å²) in [6, 6.07) is 7.40. The maximum Gasteiger partial charge on any atom is 0.256 e. The molecular formula is C14H19N3O. The fourth-order valence-corrected chi connectivity index (χ4v) is 1.93. The van der Waals surface area contributed by atoms with E-state index in [2.05, 4.69) is 15.6 Å². The number of hydrogen-bond donors (Lipinski definition) is 2. The molecule has 0 radical (unpaired) electrons. The van der Waals surface area contributed by atoms with Gasteiger partial charge in [0.25, 0.3) is 5.91 Å². The van der Waals surface area contributed by atoms with Crippen LogP contribution < -0.4 is 10.6 Å². The summed E-state index contributed by atoms with van der Waals surface area (Å²) in [6.45, 7) is 8.08. The Morgan fingerprint density at radius 1 is 1.28 bits per heavy atom. The molecule has 0 aliphatic carbocycles. The number of amides is 1. The molecule has 0 saturated heterocycles. The molecule has 0 saturated carbocycles. The summed E-state index contributed by atoms with van der Waals surface area (Å²) in [5, 5.41) is 5.97. The molecule has 0 spiro atoms. The minimum Gasteiger partial charge on any atom is -0.351 e. The van der Waals surface area contributed by atoms with Crippen molar-refractivity contribution in [2.24, 2.45) is 4.99 Å². The fraction of sp³-hybridized carbons (Fsp3) is 0.429. The highest BCUT2D eigenvalue weighted by molar-refractivity contribution is 6.05. The molecule has 0 fully saturated rings. The van der Waals surface area contributed by atoms with Gasteiger partial charge in [-0.25, -0.2) is 4.99 Å². The van der Waals surface area contributed by atoms with Gasteiger partial charge in [0.1, 0.15) is 0 Å². The van der Waals surface area contributed by atoms with E-state index in [0.717, 1.165) is 11.1 Å². The zero-order chi connectivity index (χ0) is 13.3. The van der Waals surface area contributed by atoms with Crippen LogP contribution in [-0.2, 0) is 4.79 Å². The maximum absolute atomic E-state index is 12.0. The lowest BCUT2D eigenvalue weighted by Gasteiger charge is -2.21. The summed E-state index contributed by atoms with van der Waals surface area (Å²) < 4.78 is 0. The molecule has 0 bridgehead atoms.